The van der Waals surface area contributed by atoms with E-state index in [2.05, 4.69) is 11.9 Å². The van der Waals surface area contributed by atoms with E-state index in [1.807, 2.05) is 0 Å². The van der Waals surface area contributed by atoms with Gasteiger partial charge in [-0.1, -0.05) is 0 Å². The fraction of sp³-hybridized carbons (Fsp3) is 1.00. The average molecular weight is 205 g/mol. The summed E-state index contributed by atoms with van der Waals surface area (Å²) in [5.41, 5.74) is 0.794. The van der Waals surface area contributed by atoms with Crippen LogP contribution in [-0.4, -0.2) is 25.0 Å². The summed E-state index contributed by atoms with van der Waals surface area (Å²) >= 11 is 0. The van der Waals surface area contributed by atoms with E-state index in [1.165, 1.54) is 19.5 Å². The molecule has 1 heteroatoms. The SMILES string of the molecule is CN1CCC2(C1)C1CC3CC(C1)CC2C3. The highest BCUT2D eigenvalue weighted by Crippen LogP contribution is 2.64. The lowest BCUT2D eigenvalue weighted by Crippen LogP contribution is -2.53. The third-order valence-corrected chi connectivity index (χ3v) is 6.29. The number of nitrogens with zero attached hydrogens (tertiary/aromatic N) is 1. The minimum Gasteiger partial charge on any atom is -0.306 e. The highest BCUT2D eigenvalue weighted by molar-refractivity contribution is 5.08. The molecular formula is C14H23N. The van der Waals surface area contributed by atoms with Gasteiger partial charge in [-0.25, -0.2) is 0 Å². The summed E-state index contributed by atoms with van der Waals surface area (Å²) < 4.78 is 0. The molecule has 1 spiro atoms. The van der Waals surface area contributed by atoms with Gasteiger partial charge in [-0.15, -0.1) is 0 Å². The molecule has 0 N–H and O–H groups in total. The van der Waals surface area contributed by atoms with Crippen molar-refractivity contribution in [2.24, 2.45) is 29.1 Å². The van der Waals surface area contributed by atoms with Crippen molar-refractivity contribution < 1.29 is 0 Å². The molecule has 0 aromatic heterocycles. The Morgan fingerprint density at radius 2 is 1.53 bits per heavy atom. The van der Waals surface area contributed by atoms with Crippen molar-refractivity contribution >= 4 is 0 Å². The Labute approximate surface area is 93.2 Å². The molecule has 5 fully saturated rings. The zero-order valence-corrected chi connectivity index (χ0v) is 9.91. The number of likely N-dealkylation sites (tertiary alicyclic amines) is 1. The maximum Gasteiger partial charge on any atom is 0.00407 e. The number of hydrogen-bond acceptors (Lipinski definition) is 1. The molecule has 0 radical (unpaired) electrons. The lowest BCUT2D eigenvalue weighted by molar-refractivity contribution is -0.101. The molecule has 0 atom stereocenters. The largest absolute Gasteiger partial charge is 0.306 e. The van der Waals surface area contributed by atoms with Crippen LogP contribution in [0.3, 0.4) is 0 Å². The Bertz CT molecular complexity index is 255. The molecule has 4 aliphatic carbocycles. The van der Waals surface area contributed by atoms with Crippen LogP contribution in [0.25, 0.3) is 0 Å². The van der Waals surface area contributed by atoms with Crippen molar-refractivity contribution in [1.29, 1.82) is 0 Å². The highest BCUT2D eigenvalue weighted by atomic mass is 15.1. The van der Waals surface area contributed by atoms with Crippen LogP contribution in [0.4, 0.5) is 0 Å². The molecule has 0 unspecified atom stereocenters. The van der Waals surface area contributed by atoms with Gasteiger partial charge in [-0.3, -0.25) is 0 Å². The molecule has 1 nitrogen and oxygen atoms in total. The third kappa shape index (κ3) is 1.08. The molecule has 84 valence electrons. The molecular weight excluding hydrogens is 182 g/mol. The van der Waals surface area contributed by atoms with E-state index >= 15 is 0 Å². The predicted octanol–water partition coefficient (Wildman–Crippen LogP) is 2.76. The minimum absolute atomic E-state index is 0.794. The van der Waals surface area contributed by atoms with Gasteiger partial charge < -0.3 is 4.90 Å². The number of hydrogen-bond donors (Lipinski definition) is 0. The summed E-state index contributed by atoms with van der Waals surface area (Å²) in [6, 6.07) is 0. The lowest BCUT2D eigenvalue weighted by atomic mass is 9.45. The van der Waals surface area contributed by atoms with Gasteiger partial charge in [0.1, 0.15) is 0 Å². The van der Waals surface area contributed by atoms with Crippen LogP contribution in [0.2, 0.25) is 0 Å². The Hall–Kier alpha value is -0.0400. The van der Waals surface area contributed by atoms with Gasteiger partial charge in [-0.05, 0) is 81.2 Å². The quantitative estimate of drug-likeness (QED) is 0.588. The molecule has 15 heavy (non-hydrogen) atoms. The molecule has 0 aromatic carbocycles. The molecule has 1 heterocycles. The van der Waals surface area contributed by atoms with Crippen molar-refractivity contribution in [3.05, 3.63) is 0 Å². The van der Waals surface area contributed by atoms with E-state index in [9.17, 15) is 0 Å². The summed E-state index contributed by atoms with van der Waals surface area (Å²) in [7, 11) is 2.33. The van der Waals surface area contributed by atoms with Crippen LogP contribution in [-0.2, 0) is 0 Å². The maximum atomic E-state index is 2.60. The Balaban J connectivity index is 1.70. The van der Waals surface area contributed by atoms with Crippen molar-refractivity contribution in [3.63, 3.8) is 0 Å². The molecule has 0 amide bonds. The first kappa shape index (κ1) is 9.04. The first-order chi connectivity index (χ1) is 7.26. The van der Waals surface area contributed by atoms with Gasteiger partial charge in [0.15, 0.2) is 0 Å². The summed E-state index contributed by atoms with van der Waals surface area (Å²) in [4.78, 5) is 2.60. The van der Waals surface area contributed by atoms with Crippen LogP contribution in [0.15, 0.2) is 0 Å². The Morgan fingerprint density at radius 3 is 2.00 bits per heavy atom. The third-order valence-electron chi connectivity index (χ3n) is 6.29. The van der Waals surface area contributed by atoms with E-state index in [4.69, 9.17) is 0 Å². The van der Waals surface area contributed by atoms with Crippen molar-refractivity contribution in [3.8, 4) is 0 Å². The smallest absolute Gasteiger partial charge is 0.00407 e. The Kier molecular flexibility index (Phi) is 1.68. The second-order valence-electron chi connectivity index (χ2n) is 7.03. The van der Waals surface area contributed by atoms with Crippen LogP contribution in [0.1, 0.15) is 38.5 Å². The van der Waals surface area contributed by atoms with Crippen LogP contribution in [0, 0.1) is 29.1 Å². The van der Waals surface area contributed by atoms with Crippen LogP contribution in [0.5, 0.6) is 0 Å². The van der Waals surface area contributed by atoms with Crippen molar-refractivity contribution in [2.75, 3.05) is 20.1 Å². The van der Waals surface area contributed by atoms with Gasteiger partial charge in [0, 0.05) is 6.54 Å². The summed E-state index contributed by atoms with van der Waals surface area (Å²) in [6.07, 6.45) is 9.51. The summed E-state index contributed by atoms with van der Waals surface area (Å²) in [5.74, 6) is 4.53. The van der Waals surface area contributed by atoms with Crippen molar-refractivity contribution in [2.45, 2.75) is 38.5 Å². The Morgan fingerprint density at radius 1 is 0.933 bits per heavy atom. The van der Waals surface area contributed by atoms with Crippen molar-refractivity contribution in [1.82, 2.24) is 4.90 Å². The second kappa shape index (κ2) is 2.80. The molecule has 5 rings (SSSR count). The molecule has 5 aliphatic rings. The standard InChI is InChI=1S/C14H23N/c1-15-3-2-14(9-15)12-5-10-4-11(7-12)8-13(14)6-10/h10-13H,2-9H2,1H3. The van der Waals surface area contributed by atoms with E-state index in [0.717, 1.165) is 29.1 Å². The lowest BCUT2D eigenvalue weighted by Gasteiger charge is -2.60. The topological polar surface area (TPSA) is 3.24 Å². The summed E-state index contributed by atoms with van der Waals surface area (Å²) in [6.45, 7) is 2.81. The van der Waals surface area contributed by atoms with Crippen LogP contribution < -0.4 is 0 Å². The van der Waals surface area contributed by atoms with Gasteiger partial charge in [0.05, 0.1) is 0 Å². The van der Waals surface area contributed by atoms with Gasteiger partial charge in [-0.2, -0.15) is 0 Å². The fourth-order valence-corrected chi connectivity index (χ4v) is 5.85. The van der Waals surface area contributed by atoms with Gasteiger partial charge in [0.25, 0.3) is 0 Å². The van der Waals surface area contributed by atoms with E-state index < -0.39 is 0 Å². The average Bonchev–Trinajstić information content (AvgIpc) is 2.57. The first-order valence-corrected chi connectivity index (χ1v) is 6.95. The normalized spacial score (nSPS) is 58.2. The zero-order valence-electron chi connectivity index (χ0n) is 9.91. The van der Waals surface area contributed by atoms with Gasteiger partial charge in [0.2, 0.25) is 0 Å². The van der Waals surface area contributed by atoms with Crippen LogP contribution >= 0.6 is 0 Å². The predicted molar refractivity (Wildman–Crippen MR) is 61.6 cm³/mol. The van der Waals surface area contributed by atoms with Gasteiger partial charge >= 0.3 is 0 Å². The monoisotopic (exact) mass is 205 g/mol. The molecule has 4 saturated carbocycles. The van der Waals surface area contributed by atoms with E-state index in [0.29, 0.717) is 0 Å². The van der Waals surface area contributed by atoms with E-state index in [-0.39, 0.29) is 0 Å². The molecule has 4 bridgehead atoms. The molecule has 1 saturated heterocycles. The second-order valence-corrected chi connectivity index (χ2v) is 7.03. The molecule has 1 aliphatic heterocycles. The zero-order chi connectivity index (χ0) is 10.0. The summed E-state index contributed by atoms with van der Waals surface area (Å²) in [5, 5.41) is 0. The highest BCUT2D eigenvalue weighted by Gasteiger charge is 2.58. The van der Waals surface area contributed by atoms with E-state index in [1.54, 1.807) is 32.1 Å². The first-order valence-electron chi connectivity index (χ1n) is 6.95. The maximum absolute atomic E-state index is 2.60. The minimum atomic E-state index is 0.794. The number of rotatable bonds is 0. The molecule has 0 aromatic rings. The fourth-order valence-electron chi connectivity index (χ4n) is 5.85.